The quantitative estimate of drug-likeness (QED) is 0.500. The molecule has 0 saturated heterocycles. The molecule has 0 unspecified atom stereocenters. The molecule has 4 heterocycles. The van der Waals surface area contributed by atoms with E-state index in [2.05, 4.69) is 15.4 Å². The second-order valence-corrected chi connectivity index (χ2v) is 6.25. The molecule has 0 N–H and O–H groups in total. The molecule has 1 aromatic carbocycles. The maximum absolute atomic E-state index is 13.1. The molecule has 26 heavy (non-hydrogen) atoms. The average molecular weight is 348 g/mol. The molecule has 0 amide bonds. The highest BCUT2D eigenvalue weighted by atomic mass is 16.3. The third-order valence-electron chi connectivity index (χ3n) is 4.66. The van der Waals surface area contributed by atoms with E-state index in [1.807, 2.05) is 48.7 Å². The molecule has 8 heteroatoms. The summed E-state index contributed by atoms with van der Waals surface area (Å²) in [5.41, 5.74) is 3.70. The van der Waals surface area contributed by atoms with Crippen LogP contribution in [0.15, 0.2) is 45.7 Å². The normalized spacial score (nSPS) is 11.9. The van der Waals surface area contributed by atoms with Crippen LogP contribution in [0.3, 0.4) is 0 Å². The lowest BCUT2D eigenvalue weighted by atomic mass is 10.3. The van der Waals surface area contributed by atoms with Crippen molar-refractivity contribution in [3.63, 3.8) is 0 Å². The van der Waals surface area contributed by atoms with E-state index in [1.165, 1.54) is 4.68 Å². The first-order valence-electron chi connectivity index (χ1n) is 8.44. The first kappa shape index (κ1) is 14.9. The molecule has 0 bridgehead atoms. The number of aromatic nitrogens is 6. The standard InChI is InChI=1S/C18H16N6O2/c1-3-22-15-8-11(2)26-17(15)12-9-19-24(18(25)16(12)22)10-23-14-7-5-4-6-13(14)20-21-23/h4-9H,3,10H2,1-2H3. The first-order chi connectivity index (χ1) is 12.7. The minimum absolute atomic E-state index is 0.173. The van der Waals surface area contributed by atoms with Gasteiger partial charge in [-0.25, -0.2) is 9.36 Å². The highest BCUT2D eigenvalue weighted by molar-refractivity contribution is 6.04. The molecule has 0 saturated carbocycles. The van der Waals surface area contributed by atoms with Crippen molar-refractivity contribution in [3.05, 3.63) is 52.6 Å². The van der Waals surface area contributed by atoms with Gasteiger partial charge in [-0.15, -0.1) is 5.10 Å². The number of nitrogens with zero attached hydrogens (tertiary/aromatic N) is 6. The predicted molar refractivity (Wildman–Crippen MR) is 97.1 cm³/mol. The van der Waals surface area contributed by atoms with E-state index in [0.29, 0.717) is 17.6 Å². The number of hydrogen-bond acceptors (Lipinski definition) is 5. The van der Waals surface area contributed by atoms with Gasteiger partial charge in [0.25, 0.3) is 5.56 Å². The van der Waals surface area contributed by atoms with E-state index in [-0.39, 0.29) is 12.2 Å². The number of hydrogen-bond donors (Lipinski definition) is 0. The van der Waals surface area contributed by atoms with Crippen LogP contribution >= 0.6 is 0 Å². The minimum atomic E-state index is -0.173. The maximum atomic E-state index is 13.1. The molecular weight excluding hydrogens is 332 g/mol. The Hall–Kier alpha value is -3.42. The molecule has 0 atom stereocenters. The van der Waals surface area contributed by atoms with Crippen LogP contribution in [0.5, 0.6) is 0 Å². The van der Waals surface area contributed by atoms with Gasteiger partial charge in [0.15, 0.2) is 5.58 Å². The molecule has 0 aliphatic heterocycles. The van der Waals surface area contributed by atoms with Gasteiger partial charge in [-0.05, 0) is 26.0 Å². The van der Waals surface area contributed by atoms with Crippen molar-refractivity contribution >= 4 is 33.0 Å². The van der Waals surface area contributed by atoms with Gasteiger partial charge in [-0.3, -0.25) is 4.79 Å². The monoisotopic (exact) mass is 348 g/mol. The van der Waals surface area contributed by atoms with Crippen molar-refractivity contribution in [3.8, 4) is 0 Å². The zero-order valence-corrected chi connectivity index (χ0v) is 14.4. The molecule has 0 fully saturated rings. The van der Waals surface area contributed by atoms with Crippen molar-refractivity contribution in [1.29, 1.82) is 0 Å². The van der Waals surface area contributed by atoms with Gasteiger partial charge in [-0.1, -0.05) is 17.3 Å². The lowest BCUT2D eigenvalue weighted by molar-refractivity contribution is 0.483. The summed E-state index contributed by atoms with van der Waals surface area (Å²) in [5, 5.41) is 13.3. The largest absolute Gasteiger partial charge is 0.459 e. The summed E-state index contributed by atoms with van der Waals surface area (Å²) in [7, 11) is 0. The topological polar surface area (TPSA) is 83.7 Å². The Bertz CT molecular complexity index is 1340. The average Bonchev–Trinajstić information content (AvgIpc) is 3.29. The van der Waals surface area contributed by atoms with Gasteiger partial charge < -0.3 is 8.98 Å². The van der Waals surface area contributed by atoms with Crippen LogP contribution in [0, 0.1) is 6.92 Å². The molecule has 4 aromatic heterocycles. The van der Waals surface area contributed by atoms with Crippen LogP contribution in [0.1, 0.15) is 12.7 Å². The highest BCUT2D eigenvalue weighted by Crippen LogP contribution is 2.29. The highest BCUT2D eigenvalue weighted by Gasteiger charge is 2.19. The Balaban J connectivity index is 1.72. The van der Waals surface area contributed by atoms with Crippen molar-refractivity contribution in [1.82, 2.24) is 29.3 Å². The summed E-state index contributed by atoms with van der Waals surface area (Å²) in [6.07, 6.45) is 1.69. The van der Waals surface area contributed by atoms with Crippen molar-refractivity contribution in [2.45, 2.75) is 27.1 Å². The molecule has 0 spiro atoms. The fourth-order valence-corrected chi connectivity index (χ4v) is 3.50. The van der Waals surface area contributed by atoms with Crippen LogP contribution in [0.2, 0.25) is 0 Å². The van der Waals surface area contributed by atoms with Crippen LogP contribution in [-0.2, 0) is 13.2 Å². The lowest BCUT2D eigenvalue weighted by Gasteiger charge is -2.07. The fourth-order valence-electron chi connectivity index (χ4n) is 3.50. The Morgan fingerprint density at radius 3 is 2.85 bits per heavy atom. The Morgan fingerprint density at radius 2 is 2.00 bits per heavy atom. The molecule has 8 nitrogen and oxygen atoms in total. The molecule has 5 rings (SSSR count). The van der Waals surface area contributed by atoms with Gasteiger partial charge in [0.2, 0.25) is 0 Å². The summed E-state index contributed by atoms with van der Waals surface area (Å²) in [6, 6.07) is 9.58. The summed E-state index contributed by atoms with van der Waals surface area (Å²) < 4.78 is 10.8. The van der Waals surface area contributed by atoms with Gasteiger partial charge >= 0.3 is 0 Å². The molecule has 0 radical (unpaired) electrons. The summed E-state index contributed by atoms with van der Waals surface area (Å²) >= 11 is 0. The van der Waals surface area contributed by atoms with Gasteiger partial charge in [0.05, 0.1) is 22.6 Å². The van der Waals surface area contributed by atoms with Crippen LogP contribution in [0.4, 0.5) is 0 Å². The van der Waals surface area contributed by atoms with Gasteiger partial charge in [0.1, 0.15) is 23.5 Å². The number of fused-ring (bicyclic) bond motifs is 4. The summed E-state index contributed by atoms with van der Waals surface area (Å²) in [4.78, 5) is 13.1. The zero-order valence-electron chi connectivity index (χ0n) is 14.4. The SMILES string of the molecule is CCn1c2cc(C)oc2c2cnn(Cn3nnc4ccccc43)c(=O)c21. The van der Waals surface area contributed by atoms with Crippen molar-refractivity contribution in [2.24, 2.45) is 0 Å². The van der Waals surface area contributed by atoms with Crippen molar-refractivity contribution in [2.75, 3.05) is 0 Å². The Kier molecular flexibility index (Phi) is 3.03. The summed E-state index contributed by atoms with van der Waals surface area (Å²) in [6.45, 7) is 4.78. The fraction of sp³-hybridized carbons (Fsp3) is 0.222. The van der Waals surface area contributed by atoms with E-state index < -0.39 is 0 Å². The predicted octanol–water partition coefficient (Wildman–Crippen LogP) is 2.52. The minimum Gasteiger partial charge on any atom is -0.459 e. The smallest absolute Gasteiger partial charge is 0.293 e. The van der Waals surface area contributed by atoms with E-state index >= 15 is 0 Å². The molecule has 130 valence electrons. The molecule has 5 aromatic rings. The van der Waals surface area contributed by atoms with Crippen molar-refractivity contribution < 1.29 is 4.42 Å². The van der Waals surface area contributed by atoms with Crippen LogP contribution in [-0.4, -0.2) is 29.3 Å². The maximum Gasteiger partial charge on any atom is 0.293 e. The number of furan rings is 1. The molecule has 0 aliphatic rings. The Labute approximate surface area is 147 Å². The van der Waals surface area contributed by atoms with Crippen LogP contribution < -0.4 is 5.56 Å². The van der Waals surface area contributed by atoms with Crippen LogP contribution in [0.25, 0.3) is 33.0 Å². The van der Waals surface area contributed by atoms with Gasteiger partial charge in [0, 0.05) is 12.6 Å². The number of benzene rings is 1. The van der Waals surface area contributed by atoms with E-state index in [0.717, 1.165) is 27.7 Å². The second kappa shape index (κ2) is 5.29. The number of rotatable bonds is 3. The molecular formula is C18H16N6O2. The lowest BCUT2D eigenvalue weighted by Crippen LogP contribution is -2.27. The second-order valence-electron chi connectivity index (χ2n) is 6.25. The Morgan fingerprint density at radius 1 is 1.15 bits per heavy atom. The zero-order chi connectivity index (χ0) is 17.8. The van der Waals surface area contributed by atoms with Gasteiger partial charge in [-0.2, -0.15) is 5.10 Å². The number of para-hydroxylation sites is 1. The van der Waals surface area contributed by atoms with E-state index in [9.17, 15) is 4.79 Å². The van der Waals surface area contributed by atoms with E-state index in [1.54, 1.807) is 10.9 Å². The van der Waals surface area contributed by atoms with E-state index in [4.69, 9.17) is 4.42 Å². The third kappa shape index (κ3) is 1.95. The molecule has 0 aliphatic carbocycles. The number of aryl methyl sites for hydroxylation is 2. The first-order valence-corrected chi connectivity index (χ1v) is 8.44. The third-order valence-corrected chi connectivity index (χ3v) is 4.66. The summed E-state index contributed by atoms with van der Waals surface area (Å²) in [5.74, 6) is 0.817.